The van der Waals surface area contributed by atoms with Crippen LogP contribution in [0.1, 0.15) is 28.8 Å². The Kier molecular flexibility index (Phi) is 4.39. The highest BCUT2D eigenvalue weighted by molar-refractivity contribution is 7.92. The van der Waals surface area contributed by atoms with E-state index < -0.39 is 15.1 Å². The van der Waals surface area contributed by atoms with Crippen LogP contribution in [0.3, 0.4) is 0 Å². The highest BCUT2D eigenvalue weighted by atomic mass is 32.2. The summed E-state index contributed by atoms with van der Waals surface area (Å²) in [5.41, 5.74) is 6.55. The quantitative estimate of drug-likeness (QED) is 0.796. The summed E-state index contributed by atoms with van der Waals surface area (Å²) in [5.74, 6) is -0.102. The van der Waals surface area contributed by atoms with Crippen molar-refractivity contribution in [2.75, 3.05) is 12.3 Å². The molecule has 1 aromatic rings. The number of benzene rings is 1. The number of thiocarbonyl (C=S) groups is 1. The summed E-state index contributed by atoms with van der Waals surface area (Å²) in [7, 11) is -3.04. The van der Waals surface area contributed by atoms with E-state index in [-0.39, 0.29) is 23.2 Å². The number of amides is 1. The summed E-state index contributed by atoms with van der Waals surface area (Å²) in [6.45, 7) is 0.151. The molecule has 1 unspecified atom stereocenters. The van der Waals surface area contributed by atoms with E-state index in [0.717, 1.165) is 0 Å². The molecule has 1 aliphatic rings. The Morgan fingerprint density at radius 3 is 2.70 bits per heavy atom. The third-order valence-corrected chi connectivity index (χ3v) is 5.87. The Morgan fingerprint density at radius 2 is 2.10 bits per heavy atom. The van der Waals surface area contributed by atoms with Gasteiger partial charge < -0.3 is 11.1 Å². The van der Waals surface area contributed by atoms with Gasteiger partial charge in [-0.2, -0.15) is 0 Å². The zero-order chi connectivity index (χ0) is 14.8. The van der Waals surface area contributed by atoms with Crippen molar-refractivity contribution in [1.82, 2.24) is 5.32 Å². The van der Waals surface area contributed by atoms with Gasteiger partial charge in [0.1, 0.15) is 4.99 Å². The maximum Gasteiger partial charge on any atom is 0.251 e. The lowest BCUT2D eigenvalue weighted by atomic mass is 10.1. The summed E-state index contributed by atoms with van der Waals surface area (Å²) in [5, 5.41) is 2.19. The molecular formula is C13H16N2O3S2. The minimum absolute atomic E-state index is 0.151. The van der Waals surface area contributed by atoms with Gasteiger partial charge in [0, 0.05) is 17.7 Å². The lowest BCUT2D eigenvalue weighted by Crippen LogP contribution is -2.34. The number of hydrogen-bond donors (Lipinski definition) is 2. The average Bonchev–Trinajstić information content (AvgIpc) is 2.75. The van der Waals surface area contributed by atoms with Crippen molar-refractivity contribution in [3.63, 3.8) is 0 Å². The standard InChI is InChI=1S/C13H16N2O3S2/c14-12(19)9-3-1-4-10(7-9)13(16)15-8-11-5-2-6-20(11,17)18/h1,3-4,7,11H,2,5-6,8H2,(H2,14,19)(H,15,16). The molecule has 3 N–H and O–H groups in total. The minimum Gasteiger partial charge on any atom is -0.389 e. The number of nitrogens with two attached hydrogens (primary N) is 1. The van der Waals surface area contributed by atoms with Gasteiger partial charge in [0.05, 0.1) is 11.0 Å². The van der Waals surface area contributed by atoms with Crippen LogP contribution in [0.25, 0.3) is 0 Å². The summed E-state index contributed by atoms with van der Waals surface area (Å²) >= 11 is 4.86. The van der Waals surface area contributed by atoms with Gasteiger partial charge in [-0.3, -0.25) is 4.79 Å². The zero-order valence-corrected chi connectivity index (χ0v) is 12.5. The predicted octanol–water partition coefficient (Wildman–Crippen LogP) is 0.628. The van der Waals surface area contributed by atoms with Crippen LogP contribution in [0, 0.1) is 0 Å². The number of carbonyl (C=O) groups excluding carboxylic acids is 1. The van der Waals surface area contributed by atoms with Crippen molar-refractivity contribution < 1.29 is 13.2 Å². The van der Waals surface area contributed by atoms with Gasteiger partial charge >= 0.3 is 0 Å². The molecule has 1 fully saturated rings. The molecule has 0 aliphatic carbocycles. The molecule has 2 rings (SSSR count). The van der Waals surface area contributed by atoms with Crippen LogP contribution < -0.4 is 11.1 Å². The molecular weight excluding hydrogens is 296 g/mol. The first-order valence-corrected chi connectivity index (χ1v) is 8.42. The zero-order valence-electron chi connectivity index (χ0n) is 10.8. The minimum atomic E-state index is -3.04. The van der Waals surface area contributed by atoms with Gasteiger partial charge in [0.2, 0.25) is 0 Å². The molecule has 1 saturated heterocycles. The average molecular weight is 312 g/mol. The van der Waals surface area contributed by atoms with Crippen molar-refractivity contribution in [1.29, 1.82) is 0 Å². The number of sulfone groups is 1. The molecule has 1 amide bonds. The Labute approximate surface area is 123 Å². The molecule has 0 spiro atoms. The Balaban J connectivity index is 2.02. The number of carbonyl (C=O) groups is 1. The van der Waals surface area contributed by atoms with Crippen molar-refractivity contribution in [2.24, 2.45) is 5.73 Å². The van der Waals surface area contributed by atoms with Gasteiger partial charge in [-0.15, -0.1) is 0 Å². The molecule has 7 heteroatoms. The summed E-state index contributed by atoms with van der Waals surface area (Å²) in [6.07, 6.45) is 1.27. The largest absolute Gasteiger partial charge is 0.389 e. The van der Waals surface area contributed by atoms with Crippen LogP contribution in [0.15, 0.2) is 24.3 Å². The van der Waals surface area contributed by atoms with E-state index in [1.165, 1.54) is 0 Å². The van der Waals surface area contributed by atoms with Gasteiger partial charge in [0.25, 0.3) is 5.91 Å². The first-order valence-electron chi connectivity index (χ1n) is 6.30. The fourth-order valence-electron chi connectivity index (χ4n) is 2.21. The topological polar surface area (TPSA) is 89.3 Å². The first-order chi connectivity index (χ1) is 9.40. The smallest absolute Gasteiger partial charge is 0.251 e. The second-order valence-corrected chi connectivity index (χ2v) is 7.63. The van der Waals surface area contributed by atoms with Crippen LogP contribution in [0.5, 0.6) is 0 Å². The van der Waals surface area contributed by atoms with Gasteiger partial charge in [-0.25, -0.2) is 8.42 Å². The van der Waals surface area contributed by atoms with E-state index in [4.69, 9.17) is 18.0 Å². The van der Waals surface area contributed by atoms with Crippen molar-refractivity contribution in [3.05, 3.63) is 35.4 Å². The normalized spacial score (nSPS) is 20.5. The van der Waals surface area contributed by atoms with E-state index in [2.05, 4.69) is 5.32 Å². The highest BCUT2D eigenvalue weighted by Crippen LogP contribution is 2.19. The molecule has 20 heavy (non-hydrogen) atoms. The maximum absolute atomic E-state index is 12.0. The van der Waals surface area contributed by atoms with Gasteiger partial charge in [-0.05, 0) is 25.0 Å². The van der Waals surface area contributed by atoms with Crippen LogP contribution in [0.2, 0.25) is 0 Å². The first kappa shape index (κ1) is 14.9. The molecule has 0 aromatic heterocycles. The van der Waals surface area contributed by atoms with Gasteiger partial charge in [0.15, 0.2) is 9.84 Å². The SMILES string of the molecule is NC(=S)c1cccc(C(=O)NCC2CCCS2(=O)=O)c1. The van der Waals surface area contributed by atoms with E-state index in [1.54, 1.807) is 24.3 Å². The molecule has 5 nitrogen and oxygen atoms in total. The fraction of sp³-hybridized carbons (Fsp3) is 0.385. The molecule has 0 radical (unpaired) electrons. The van der Waals surface area contributed by atoms with Crippen LogP contribution in [0.4, 0.5) is 0 Å². The van der Waals surface area contributed by atoms with Crippen molar-refractivity contribution >= 4 is 33.0 Å². The van der Waals surface area contributed by atoms with Crippen molar-refractivity contribution in [2.45, 2.75) is 18.1 Å². The second kappa shape index (κ2) is 5.88. The number of hydrogen-bond acceptors (Lipinski definition) is 4. The molecule has 1 atom stereocenters. The van der Waals surface area contributed by atoms with E-state index in [0.29, 0.717) is 24.0 Å². The Hall–Kier alpha value is -1.47. The summed E-state index contributed by atoms with van der Waals surface area (Å²) in [4.78, 5) is 12.2. The molecule has 1 aliphatic heterocycles. The lowest BCUT2D eigenvalue weighted by molar-refractivity contribution is 0.0953. The van der Waals surface area contributed by atoms with E-state index in [9.17, 15) is 13.2 Å². The van der Waals surface area contributed by atoms with E-state index in [1.807, 2.05) is 0 Å². The molecule has 0 bridgehead atoms. The monoisotopic (exact) mass is 312 g/mol. The molecule has 1 heterocycles. The van der Waals surface area contributed by atoms with Crippen LogP contribution in [-0.2, 0) is 9.84 Å². The van der Waals surface area contributed by atoms with Crippen LogP contribution in [-0.4, -0.2) is 36.9 Å². The predicted molar refractivity (Wildman–Crippen MR) is 81.5 cm³/mol. The molecule has 1 aromatic carbocycles. The van der Waals surface area contributed by atoms with Gasteiger partial charge in [-0.1, -0.05) is 24.4 Å². The molecule has 108 valence electrons. The summed E-state index contributed by atoms with van der Waals surface area (Å²) < 4.78 is 23.3. The van der Waals surface area contributed by atoms with E-state index >= 15 is 0 Å². The second-order valence-electron chi connectivity index (χ2n) is 4.79. The third kappa shape index (κ3) is 3.34. The number of rotatable bonds is 4. The van der Waals surface area contributed by atoms with Crippen LogP contribution >= 0.6 is 12.2 Å². The maximum atomic E-state index is 12.0. The highest BCUT2D eigenvalue weighted by Gasteiger charge is 2.31. The Morgan fingerprint density at radius 1 is 1.40 bits per heavy atom. The summed E-state index contributed by atoms with van der Waals surface area (Å²) in [6, 6.07) is 6.65. The fourth-order valence-corrected chi connectivity index (χ4v) is 4.10. The Bertz CT molecular complexity index is 641. The van der Waals surface area contributed by atoms with Crippen molar-refractivity contribution in [3.8, 4) is 0 Å². The molecule has 0 saturated carbocycles. The lowest BCUT2D eigenvalue weighted by Gasteiger charge is -2.11. The number of nitrogens with one attached hydrogen (secondary N) is 1. The third-order valence-electron chi connectivity index (χ3n) is 3.36.